The van der Waals surface area contributed by atoms with E-state index in [0.717, 1.165) is 0 Å². The van der Waals surface area contributed by atoms with Gasteiger partial charge in [-0.1, -0.05) is 0 Å². The van der Waals surface area contributed by atoms with Crippen LogP contribution in [0.5, 0.6) is 0 Å². The monoisotopic (exact) mass is 208 g/mol. The molecule has 0 aromatic rings. The molecule has 0 aliphatic heterocycles. The second-order valence-electron chi connectivity index (χ2n) is 3.54. The average molecular weight is 208 g/mol. The molecule has 0 bridgehead atoms. The predicted molar refractivity (Wildman–Crippen MR) is 50.6 cm³/mol. The van der Waals surface area contributed by atoms with Crippen LogP contribution >= 0.6 is 0 Å². The second kappa shape index (κ2) is 7.14. The lowest BCUT2D eigenvalue weighted by Crippen LogP contribution is -2.36. The van der Waals surface area contributed by atoms with Crippen LogP contribution in [0.4, 0.5) is 0 Å². The first-order chi connectivity index (χ1) is 6.49. The molecule has 0 aromatic heterocycles. The van der Waals surface area contributed by atoms with E-state index in [0.29, 0.717) is 6.42 Å². The molecule has 0 spiro atoms. The highest BCUT2D eigenvalue weighted by molar-refractivity contribution is 4.73. The molecule has 14 heavy (non-hydrogen) atoms. The lowest BCUT2D eigenvalue weighted by atomic mass is 10.0. The molecule has 5 N–H and O–H groups in total. The fourth-order valence-electron chi connectivity index (χ4n) is 1.15. The maximum absolute atomic E-state index is 9.32. The van der Waals surface area contributed by atoms with E-state index in [1.54, 1.807) is 0 Å². The van der Waals surface area contributed by atoms with Gasteiger partial charge in [0.15, 0.2) is 0 Å². The van der Waals surface area contributed by atoms with E-state index in [2.05, 4.69) is 0 Å². The standard InChI is InChI=1S/C9H20O5/c1-6(11)9(14)8(13)3-2-7(12)4-5-10/h6-14H,2-5H2,1H3. The van der Waals surface area contributed by atoms with Crippen LogP contribution in [0.2, 0.25) is 0 Å². The van der Waals surface area contributed by atoms with Gasteiger partial charge in [0.2, 0.25) is 0 Å². The molecule has 0 heterocycles. The maximum Gasteiger partial charge on any atom is 0.105 e. The molecular formula is C9H20O5. The van der Waals surface area contributed by atoms with Crippen molar-refractivity contribution in [2.75, 3.05) is 6.61 Å². The van der Waals surface area contributed by atoms with Crippen LogP contribution < -0.4 is 0 Å². The largest absolute Gasteiger partial charge is 0.396 e. The Morgan fingerprint density at radius 1 is 0.929 bits per heavy atom. The van der Waals surface area contributed by atoms with Gasteiger partial charge in [0.05, 0.1) is 18.3 Å². The minimum atomic E-state index is -1.18. The van der Waals surface area contributed by atoms with Crippen molar-refractivity contribution in [1.29, 1.82) is 0 Å². The quantitative estimate of drug-likeness (QED) is 0.355. The second-order valence-corrected chi connectivity index (χ2v) is 3.54. The molecule has 4 unspecified atom stereocenters. The molecule has 86 valence electrons. The molecule has 0 aromatic carbocycles. The zero-order valence-electron chi connectivity index (χ0n) is 8.37. The summed E-state index contributed by atoms with van der Waals surface area (Å²) in [7, 11) is 0. The number of rotatable bonds is 7. The minimum absolute atomic E-state index is 0.101. The molecule has 5 nitrogen and oxygen atoms in total. The summed E-state index contributed by atoms with van der Waals surface area (Å²) in [6.07, 6.45) is -3.12. The summed E-state index contributed by atoms with van der Waals surface area (Å²) in [5, 5.41) is 45.2. The minimum Gasteiger partial charge on any atom is -0.396 e. The lowest BCUT2D eigenvalue weighted by Gasteiger charge is -2.21. The Kier molecular flexibility index (Phi) is 7.04. The molecule has 0 aliphatic carbocycles. The summed E-state index contributed by atoms with van der Waals surface area (Å²) in [6.45, 7) is 1.29. The van der Waals surface area contributed by atoms with E-state index in [9.17, 15) is 15.3 Å². The Balaban J connectivity index is 3.67. The Morgan fingerprint density at radius 2 is 1.50 bits per heavy atom. The summed E-state index contributed by atoms with van der Waals surface area (Å²) in [6, 6.07) is 0. The molecule has 0 rings (SSSR count). The summed E-state index contributed by atoms with van der Waals surface area (Å²) < 4.78 is 0. The highest BCUT2D eigenvalue weighted by Crippen LogP contribution is 2.09. The number of hydrogen-bond donors (Lipinski definition) is 5. The van der Waals surface area contributed by atoms with Crippen LogP contribution in [0.15, 0.2) is 0 Å². The normalized spacial score (nSPS) is 20.1. The van der Waals surface area contributed by atoms with Crippen molar-refractivity contribution in [3.05, 3.63) is 0 Å². The van der Waals surface area contributed by atoms with Crippen LogP contribution in [0.1, 0.15) is 26.2 Å². The third-order valence-electron chi connectivity index (χ3n) is 2.15. The van der Waals surface area contributed by atoms with E-state index in [4.69, 9.17) is 10.2 Å². The summed E-state index contributed by atoms with van der Waals surface area (Å²) >= 11 is 0. The number of aliphatic hydroxyl groups excluding tert-OH is 5. The van der Waals surface area contributed by atoms with E-state index >= 15 is 0 Å². The van der Waals surface area contributed by atoms with Gasteiger partial charge >= 0.3 is 0 Å². The fourth-order valence-corrected chi connectivity index (χ4v) is 1.15. The molecule has 0 radical (unpaired) electrons. The first-order valence-electron chi connectivity index (χ1n) is 4.82. The highest BCUT2D eigenvalue weighted by atomic mass is 16.4. The van der Waals surface area contributed by atoms with Crippen LogP contribution in [0.3, 0.4) is 0 Å². The van der Waals surface area contributed by atoms with E-state index in [1.165, 1.54) is 6.92 Å². The summed E-state index contributed by atoms with van der Waals surface area (Å²) in [5.74, 6) is 0. The smallest absolute Gasteiger partial charge is 0.105 e. The zero-order valence-corrected chi connectivity index (χ0v) is 8.37. The van der Waals surface area contributed by atoms with Crippen molar-refractivity contribution in [2.45, 2.75) is 50.6 Å². The molecular weight excluding hydrogens is 188 g/mol. The van der Waals surface area contributed by atoms with Gasteiger partial charge in [0.25, 0.3) is 0 Å². The maximum atomic E-state index is 9.32. The van der Waals surface area contributed by atoms with Gasteiger partial charge in [0, 0.05) is 6.61 Å². The summed E-state index contributed by atoms with van der Waals surface area (Å²) in [4.78, 5) is 0. The average Bonchev–Trinajstić information content (AvgIpc) is 2.13. The van der Waals surface area contributed by atoms with E-state index in [-0.39, 0.29) is 19.4 Å². The topological polar surface area (TPSA) is 101 Å². The van der Waals surface area contributed by atoms with Crippen molar-refractivity contribution in [3.63, 3.8) is 0 Å². The highest BCUT2D eigenvalue weighted by Gasteiger charge is 2.21. The van der Waals surface area contributed by atoms with Crippen molar-refractivity contribution < 1.29 is 25.5 Å². The van der Waals surface area contributed by atoms with Crippen molar-refractivity contribution >= 4 is 0 Å². The SMILES string of the molecule is CC(O)C(O)C(O)CCC(O)CCO. The molecule has 0 saturated carbocycles. The Hall–Kier alpha value is -0.200. The first kappa shape index (κ1) is 13.8. The van der Waals surface area contributed by atoms with Crippen molar-refractivity contribution in [1.82, 2.24) is 0 Å². The van der Waals surface area contributed by atoms with Gasteiger partial charge in [-0.25, -0.2) is 0 Å². The Bertz CT molecular complexity index is 139. The van der Waals surface area contributed by atoms with Gasteiger partial charge in [-0.05, 0) is 26.2 Å². The van der Waals surface area contributed by atoms with Crippen molar-refractivity contribution in [2.24, 2.45) is 0 Å². The Labute approximate surface area is 83.6 Å². The van der Waals surface area contributed by atoms with Gasteiger partial charge in [-0.15, -0.1) is 0 Å². The van der Waals surface area contributed by atoms with Gasteiger partial charge in [0.1, 0.15) is 6.10 Å². The fraction of sp³-hybridized carbons (Fsp3) is 1.00. The third-order valence-corrected chi connectivity index (χ3v) is 2.15. The number of hydrogen-bond acceptors (Lipinski definition) is 5. The molecule has 0 saturated heterocycles. The lowest BCUT2D eigenvalue weighted by molar-refractivity contribution is -0.0585. The Morgan fingerprint density at radius 3 is 1.93 bits per heavy atom. The van der Waals surface area contributed by atoms with Crippen molar-refractivity contribution in [3.8, 4) is 0 Å². The van der Waals surface area contributed by atoms with Gasteiger partial charge in [-0.2, -0.15) is 0 Å². The van der Waals surface area contributed by atoms with Crippen LogP contribution in [0, 0.1) is 0 Å². The molecule has 0 aliphatic rings. The zero-order chi connectivity index (χ0) is 11.1. The van der Waals surface area contributed by atoms with Crippen LogP contribution in [-0.2, 0) is 0 Å². The summed E-state index contributed by atoms with van der Waals surface area (Å²) in [5.41, 5.74) is 0. The predicted octanol–water partition coefficient (Wildman–Crippen LogP) is -1.39. The van der Waals surface area contributed by atoms with Crippen LogP contribution in [-0.4, -0.2) is 56.6 Å². The third kappa shape index (κ3) is 5.51. The van der Waals surface area contributed by atoms with E-state index in [1.807, 2.05) is 0 Å². The first-order valence-corrected chi connectivity index (χ1v) is 4.82. The van der Waals surface area contributed by atoms with Gasteiger partial charge in [-0.3, -0.25) is 0 Å². The molecule has 0 fully saturated rings. The molecule has 0 amide bonds. The van der Waals surface area contributed by atoms with Crippen LogP contribution in [0.25, 0.3) is 0 Å². The van der Waals surface area contributed by atoms with E-state index < -0.39 is 24.4 Å². The number of aliphatic hydroxyl groups is 5. The van der Waals surface area contributed by atoms with Gasteiger partial charge < -0.3 is 25.5 Å². The molecule has 4 atom stereocenters. The molecule has 5 heteroatoms.